The third-order valence-electron chi connectivity index (χ3n) is 3.14. The lowest BCUT2D eigenvalue weighted by Gasteiger charge is -2.12. The zero-order chi connectivity index (χ0) is 15.4. The average molecular weight is 316 g/mol. The van der Waals surface area contributed by atoms with Gasteiger partial charge in [-0.25, -0.2) is 0 Å². The highest BCUT2D eigenvalue weighted by Gasteiger charge is 2.11. The Kier molecular flexibility index (Phi) is 4.20. The first-order valence-electron chi connectivity index (χ1n) is 6.68. The fourth-order valence-electron chi connectivity index (χ4n) is 2.12. The van der Waals surface area contributed by atoms with E-state index in [1.54, 1.807) is 17.9 Å². The van der Waals surface area contributed by atoms with Crippen LogP contribution in [0.5, 0.6) is 5.75 Å². The number of halogens is 1. The lowest BCUT2D eigenvalue weighted by atomic mass is 10.3. The van der Waals surface area contributed by atoms with Gasteiger partial charge in [-0.05, 0) is 34.7 Å². The first kappa shape index (κ1) is 14.3. The number of para-hydroxylation sites is 2. The molecule has 0 fully saturated rings. The van der Waals surface area contributed by atoms with Crippen LogP contribution in [0.15, 0.2) is 48.5 Å². The molecule has 0 aliphatic rings. The van der Waals surface area contributed by atoms with Crippen LogP contribution in [0.4, 0.5) is 5.69 Å². The number of ether oxygens (including phenoxy) is 1. The zero-order valence-corrected chi connectivity index (χ0v) is 12.7. The summed E-state index contributed by atoms with van der Waals surface area (Å²) in [5, 5.41) is 15.6. The summed E-state index contributed by atoms with van der Waals surface area (Å²) < 4.78 is 6.99. The Hall–Kier alpha value is -2.60. The van der Waals surface area contributed by atoms with Gasteiger partial charge in [0.1, 0.15) is 0 Å². The van der Waals surface area contributed by atoms with E-state index in [1.165, 1.54) is 0 Å². The SMILES string of the molecule is COc1c(Cl)cccc1NCc1nnnn1-c1ccccc1. The van der Waals surface area contributed by atoms with Crippen LogP contribution < -0.4 is 10.1 Å². The van der Waals surface area contributed by atoms with Crippen LogP contribution in [0.2, 0.25) is 5.02 Å². The molecule has 1 N–H and O–H groups in total. The minimum Gasteiger partial charge on any atom is -0.493 e. The van der Waals surface area contributed by atoms with E-state index >= 15 is 0 Å². The van der Waals surface area contributed by atoms with Crippen LogP contribution in [0.25, 0.3) is 5.69 Å². The number of anilines is 1. The summed E-state index contributed by atoms with van der Waals surface area (Å²) in [6.45, 7) is 0.443. The summed E-state index contributed by atoms with van der Waals surface area (Å²) in [6.07, 6.45) is 0. The molecule has 6 nitrogen and oxygen atoms in total. The average Bonchev–Trinajstić information content (AvgIpc) is 3.02. The molecular formula is C15H14ClN5O. The number of rotatable bonds is 5. The Bertz CT molecular complexity index is 760. The maximum absolute atomic E-state index is 6.11. The number of hydrogen-bond donors (Lipinski definition) is 1. The van der Waals surface area contributed by atoms with Crippen LogP contribution in [-0.4, -0.2) is 27.3 Å². The molecule has 0 spiro atoms. The summed E-state index contributed by atoms with van der Waals surface area (Å²) in [5.74, 6) is 1.29. The predicted octanol–water partition coefficient (Wildman–Crippen LogP) is 2.94. The number of aromatic nitrogens is 4. The van der Waals surface area contributed by atoms with Gasteiger partial charge in [0.15, 0.2) is 11.6 Å². The number of tetrazole rings is 1. The third kappa shape index (κ3) is 2.87. The summed E-state index contributed by atoms with van der Waals surface area (Å²) >= 11 is 6.11. The molecule has 0 radical (unpaired) electrons. The van der Waals surface area contributed by atoms with Crippen molar-refractivity contribution in [1.82, 2.24) is 20.2 Å². The largest absolute Gasteiger partial charge is 0.493 e. The molecule has 0 aliphatic heterocycles. The molecule has 22 heavy (non-hydrogen) atoms. The van der Waals surface area contributed by atoms with Crippen LogP contribution >= 0.6 is 11.6 Å². The van der Waals surface area contributed by atoms with E-state index in [2.05, 4.69) is 20.8 Å². The van der Waals surface area contributed by atoms with Crippen molar-refractivity contribution in [3.8, 4) is 11.4 Å². The molecule has 0 aliphatic carbocycles. The molecule has 0 unspecified atom stereocenters. The number of nitrogens with zero attached hydrogens (tertiary/aromatic N) is 4. The molecule has 0 atom stereocenters. The van der Waals surface area contributed by atoms with E-state index < -0.39 is 0 Å². The molecule has 0 amide bonds. The fraction of sp³-hybridized carbons (Fsp3) is 0.133. The number of nitrogens with one attached hydrogen (secondary N) is 1. The van der Waals surface area contributed by atoms with E-state index in [1.807, 2.05) is 42.5 Å². The molecule has 2 aromatic carbocycles. The normalized spacial score (nSPS) is 10.5. The Morgan fingerprint density at radius 2 is 1.95 bits per heavy atom. The Labute approximate surface area is 132 Å². The van der Waals surface area contributed by atoms with Crippen molar-refractivity contribution in [3.63, 3.8) is 0 Å². The Balaban J connectivity index is 1.82. The number of hydrogen-bond acceptors (Lipinski definition) is 5. The Morgan fingerprint density at radius 3 is 2.73 bits per heavy atom. The first-order valence-corrected chi connectivity index (χ1v) is 7.06. The van der Waals surface area contributed by atoms with Gasteiger partial charge < -0.3 is 10.1 Å². The van der Waals surface area contributed by atoms with Gasteiger partial charge in [-0.2, -0.15) is 4.68 Å². The maximum Gasteiger partial charge on any atom is 0.175 e. The monoisotopic (exact) mass is 315 g/mol. The van der Waals surface area contributed by atoms with E-state index in [4.69, 9.17) is 16.3 Å². The number of methoxy groups -OCH3 is 1. The van der Waals surface area contributed by atoms with Crippen molar-refractivity contribution in [3.05, 3.63) is 59.4 Å². The maximum atomic E-state index is 6.11. The number of benzene rings is 2. The van der Waals surface area contributed by atoms with Crippen LogP contribution in [0, 0.1) is 0 Å². The molecule has 1 heterocycles. The van der Waals surface area contributed by atoms with Gasteiger partial charge in [-0.1, -0.05) is 35.9 Å². The van der Waals surface area contributed by atoms with Gasteiger partial charge in [0.05, 0.1) is 30.1 Å². The molecule has 0 saturated heterocycles. The van der Waals surface area contributed by atoms with Gasteiger partial charge in [-0.15, -0.1) is 5.10 Å². The van der Waals surface area contributed by atoms with Crippen molar-refractivity contribution in [1.29, 1.82) is 0 Å². The highest BCUT2D eigenvalue weighted by molar-refractivity contribution is 6.32. The van der Waals surface area contributed by atoms with Gasteiger partial charge in [0.25, 0.3) is 0 Å². The Morgan fingerprint density at radius 1 is 1.14 bits per heavy atom. The van der Waals surface area contributed by atoms with Crippen molar-refractivity contribution in [2.24, 2.45) is 0 Å². The minimum atomic E-state index is 0.443. The zero-order valence-electron chi connectivity index (χ0n) is 11.9. The van der Waals surface area contributed by atoms with Crippen LogP contribution in [0.1, 0.15) is 5.82 Å². The van der Waals surface area contributed by atoms with Gasteiger partial charge in [-0.3, -0.25) is 0 Å². The molecule has 0 bridgehead atoms. The van der Waals surface area contributed by atoms with Gasteiger partial charge in [0, 0.05) is 0 Å². The minimum absolute atomic E-state index is 0.443. The van der Waals surface area contributed by atoms with Crippen molar-refractivity contribution in [2.45, 2.75) is 6.54 Å². The second kappa shape index (κ2) is 6.44. The highest BCUT2D eigenvalue weighted by Crippen LogP contribution is 2.32. The lowest BCUT2D eigenvalue weighted by Crippen LogP contribution is -2.09. The molecule has 112 valence electrons. The van der Waals surface area contributed by atoms with Gasteiger partial charge in [0.2, 0.25) is 0 Å². The van der Waals surface area contributed by atoms with Crippen molar-refractivity contribution in [2.75, 3.05) is 12.4 Å². The van der Waals surface area contributed by atoms with Crippen LogP contribution in [0.3, 0.4) is 0 Å². The quantitative estimate of drug-likeness (QED) is 0.784. The fourth-order valence-corrected chi connectivity index (χ4v) is 2.37. The second-order valence-corrected chi connectivity index (χ2v) is 4.92. The van der Waals surface area contributed by atoms with Crippen molar-refractivity contribution >= 4 is 17.3 Å². The summed E-state index contributed by atoms with van der Waals surface area (Å²) in [6, 6.07) is 15.2. The molecule has 3 aromatic rings. The molecule has 1 aromatic heterocycles. The second-order valence-electron chi connectivity index (χ2n) is 4.52. The third-order valence-corrected chi connectivity index (χ3v) is 3.44. The standard InChI is InChI=1S/C15H14ClN5O/c1-22-15-12(16)8-5-9-13(15)17-10-14-18-19-20-21(14)11-6-3-2-4-7-11/h2-9,17H,10H2,1H3. The van der Waals surface area contributed by atoms with E-state index in [-0.39, 0.29) is 0 Å². The smallest absolute Gasteiger partial charge is 0.175 e. The summed E-state index contributed by atoms with van der Waals surface area (Å²) in [7, 11) is 1.58. The van der Waals surface area contributed by atoms with Crippen LogP contribution in [-0.2, 0) is 6.54 Å². The van der Waals surface area contributed by atoms with E-state index in [9.17, 15) is 0 Å². The molecule has 0 saturated carbocycles. The molecular weight excluding hydrogens is 302 g/mol. The summed E-state index contributed by atoms with van der Waals surface area (Å²) in [4.78, 5) is 0. The van der Waals surface area contributed by atoms with Gasteiger partial charge >= 0.3 is 0 Å². The van der Waals surface area contributed by atoms with Crippen molar-refractivity contribution < 1.29 is 4.74 Å². The van der Waals surface area contributed by atoms with E-state index in [0.717, 1.165) is 11.4 Å². The van der Waals surface area contributed by atoms with E-state index in [0.29, 0.717) is 23.1 Å². The molecule has 7 heteroatoms. The first-order chi connectivity index (χ1) is 10.8. The highest BCUT2D eigenvalue weighted by atomic mass is 35.5. The predicted molar refractivity (Wildman–Crippen MR) is 84.5 cm³/mol. The topological polar surface area (TPSA) is 64.9 Å². The molecule has 3 rings (SSSR count). The summed E-state index contributed by atoms with van der Waals surface area (Å²) in [5.41, 5.74) is 1.69. The lowest BCUT2D eigenvalue weighted by molar-refractivity contribution is 0.416.